The number of rotatable bonds is 4. The molecule has 0 spiro atoms. The molecule has 1 aromatic rings. The van der Waals surface area contributed by atoms with Crippen molar-refractivity contribution in [2.45, 2.75) is 31.3 Å². The molecule has 1 aromatic carbocycles. The van der Waals surface area contributed by atoms with E-state index in [2.05, 4.69) is 35.8 Å². The maximum atomic E-state index is 5.76. The van der Waals surface area contributed by atoms with Gasteiger partial charge in [-0.25, -0.2) is 0 Å². The lowest BCUT2D eigenvalue weighted by atomic mass is 10.2. The highest BCUT2D eigenvalue weighted by molar-refractivity contribution is 9.10. The molecule has 0 saturated carbocycles. The van der Waals surface area contributed by atoms with E-state index >= 15 is 0 Å². The highest BCUT2D eigenvalue weighted by Crippen LogP contribution is 2.24. The second-order valence-corrected chi connectivity index (χ2v) is 5.77. The lowest BCUT2D eigenvalue weighted by molar-refractivity contribution is 0.905. The van der Waals surface area contributed by atoms with Crippen molar-refractivity contribution in [2.24, 2.45) is 0 Å². The summed E-state index contributed by atoms with van der Waals surface area (Å²) in [4.78, 5) is 0. The molecule has 0 aliphatic carbocycles. The van der Waals surface area contributed by atoms with Gasteiger partial charge in [0.15, 0.2) is 0 Å². The Balaban J connectivity index is 2.58. The van der Waals surface area contributed by atoms with Crippen LogP contribution in [0.25, 0.3) is 0 Å². The summed E-state index contributed by atoms with van der Waals surface area (Å²) in [5.74, 6) is 1.04. The van der Waals surface area contributed by atoms with Crippen molar-refractivity contribution < 1.29 is 0 Å². The zero-order valence-corrected chi connectivity index (χ0v) is 11.0. The fourth-order valence-electron chi connectivity index (χ4n) is 1.12. The largest absolute Gasteiger partial charge is 0.399 e. The van der Waals surface area contributed by atoms with Crippen LogP contribution in [0.15, 0.2) is 22.7 Å². The second kappa shape index (κ2) is 5.66. The summed E-state index contributed by atoms with van der Waals surface area (Å²) in [5.41, 5.74) is 7.89. The standard InChI is InChI=1S/C11H16BrNS/c1-3-8(2)14-7-9-4-10(12)6-11(13)5-9/h4-6,8H,3,7,13H2,1-2H3. The summed E-state index contributed by atoms with van der Waals surface area (Å²) in [7, 11) is 0. The zero-order valence-electron chi connectivity index (χ0n) is 8.59. The van der Waals surface area contributed by atoms with Gasteiger partial charge >= 0.3 is 0 Å². The Labute approximate surface area is 98.6 Å². The Hall–Kier alpha value is -0.150. The molecule has 14 heavy (non-hydrogen) atoms. The number of halogens is 1. The quantitative estimate of drug-likeness (QED) is 0.838. The van der Waals surface area contributed by atoms with Crippen LogP contribution in [0.4, 0.5) is 5.69 Å². The molecule has 1 rings (SSSR count). The summed E-state index contributed by atoms with van der Waals surface area (Å²) in [6.45, 7) is 4.47. The normalized spacial score (nSPS) is 12.8. The first-order valence-electron chi connectivity index (χ1n) is 4.78. The summed E-state index contributed by atoms with van der Waals surface area (Å²) >= 11 is 5.42. The average molecular weight is 274 g/mol. The van der Waals surface area contributed by atoms with Crippen LogP contribution in [0.1, 0.15) is 25.8 Å². The monoisotopic (exact) mass is 273 g/mol. The highest BCUT2D eigenvalue weighted by atomic mass is 79.9. The fraction of sp³-hybridized carbons (Fsp3) is 0.455. The number of benzene rings is 1. The molecule has 0 heterocycles. The van der Waals surface area contributed by atoms with Crippen LogP contribution in [-0.2, 0) is 5.75 Å². The Kier molecular flexibility index (Phi) is 4.82. The predicted octanol–water partition coefficient (Wildman–Crippen LogP) is 4.06. The van der Waals surface area contributed by atoms with Gasteiger partial charge in [0.2, 0.25) is 0 Å². The lowest BCUT2D eigenvalue weighted by Gasteiger charge is -2.08. The second-order valence-electron chi connectivity index (χ2n) is 3.42. The van der Waals surface area contributed by atoms with Gasteiger partial charge in [-0.3, -0.25) is 0 Å². The molecular weight excluding hydrogens is 258 g/mol. The van der Waals surface area contributed by atoms with Crippen molar-refractivity contribution >= 4 is 33.4 Å². The van der Waals surface area contributed by atoms with E-state index in [1.165, 1.54) is 12.0 Å². The summed E-state index contributed by atoms with van der Waals surface area (Å²) in [5, 5.41) is 0.718. The van der Waals surface area contributed by atoms with E-state index in [1.807, 2.05) is 23.9 Å². The first-order valence-corrected chi connectivity index (χ1v) is 6.62. The molecule has 1 nitrogen and oxygen atoms in total. The van der Waals surface area contributed by atoms with E-state index in [0.29, 0.717) is 0 Å². The van der Waals surface area contributed by atoms with Gasteiger partial charge in [-0.15, -0.1) is 0 Å². The van der Waals surface area contributed by atoms with E-state index < -0.39 is 0 Å². The molecule has 1 atom stereocenters. The first kappa shape index (κ1) is 11.9. The Morgan fingerprint density at radius 2 is 2.14 bits per heavy atom. The van der Waals surface area contributed by atoms with E-state index in [-0.39, 0.29) is 0 Å². The van der Waals surface area contributed by atoms with Crippen molar-refractivity contribution in [2.75, 3.05) is 5.73 Å². The van der Waals surface area contributed by atoms with Gasteiger partial charge in [-0.1, -0.05) is 29.8 Å². The van der Waals surface area contributed by atoms with Crippen LogP contribution in [0.5, 0.6) is 0 Å². The van der Waals surface area contributed by atoms with E-state index in [0.717, 1.165) is 21.2 Å². The van der Waals surface area contributed by atoms with E-state index in [9.17, 15) is 0 Å². The third-order valence-corrected chi connectivity index (χ3v) is 3.95. The van der Waals surface area contributed by atoms with Gasteiger partial charge in [0.05, 0.1) is 0 Å². The number of nitrogens with two attached hydrogens (primary N) is 1. The Morgan fingerprint density at radius 3 is 2.71 bits per heavy atom. The zero-order chi connectivity index (χ0) is 10.6. The molecule has 0 amide bonds. The van der Waals surface area contributed by atoms with Crippen LogP contribution in [0, 0.1) is 0 Å². The number of hydrogen-bond acceptors (Lipinski definition) is 2. The fourth-order valence-corrected chi connectivity index (χ4v) is 2.55. The van der Waals surface area contributed by atoms with Crippen molar-refractivity contribution in [3.05, 3.63) is 28.2 Å². The molecule has 0 radical (unpaired) electrons. The SMILES string of the molecule is CCC(C)SCc1cc(N)cc(Br)c1. The number of thioether (sulfide) groups is 1. The van der Waals surface area contributed by atoms with Gasteiger partial charge < -0.3 is 5.73 Å². The van der Waals surface area contributed by atoms with Crippen LogP contribution >= 0.6 is 27.7 Å². The third kappa shape index (κ3) is 3.93. The molecule has 1 unspecified atom stereocenters. The maximum absolute atomic E-state index is 5.76. The highest BCUT2D eigenvalue weighted by Gasteiger charge is 2.01. The number of anilines is 1. The van der Waals surface area contributed by atoms with Gasteiger partial charge in [-0.2, -0.15) is 11.8 Å². The molecule has 0 aliphatic rings. The number of hydrogen-bond donors (Lipinski definition) is 1. The Bertz CT molecular complexity index is 281. The third-order valence-electron chi connectivity index (χ3n) is 2.09. The smallest absolute Gasteiger partial charge is 0.0328 e. The van der Waals surface area contributed by atoms with E-state index in [1.54, 1.807) is 0 Å². The minimum atomic E-state index is 0.718. The molecule has 2 N–H and O–H groups in total. The molecule has 0 saturated heterocycles. The van der Waals surface area contributed by atoms with Crippen LogP contribution in [-0.4, -0.2) is 5.25 Å². The molecule has 0 bridgehead atoms. The molecule has 0 aliphatic heterocycles. The molecule has 0 fully saturated rings. The predicted molar refractivity (Wildman–Crippen MR) is 69.6 cm³/mol. The summed E-state index contributed by atoms with van der Waals surface area (Å²) in [6.07, 6.45) is 1.22. The number of nitrogen functional groups attached to an aromatic ring is 1. The summed E-state index contributed by atoms with van der Waals surface area (Å²) < 4.78 is 1.07. The van der Waals surface area contributed by atoms with Crippen molar-refractivity contribution in [3.8, 4) is 0 Å². The Morgan fingerprint density at radius 1 is 1.43 bits per heavy atom. The van der Waals surface area contributed by atoms with Gasteiger partial charge in [0, 0.05) is 21.2 Å². The summed E-state index contributed by atoms with van der Waals surface area (Å²) in [6, 6.07) is 6.10. The topological polar surface area (TPSA) is 26.0 Å². The minimum Gasteiger partial charge on any atom is -0.399 e. The minimum absolute atomic E-state index is 0.718. The average Bonchev–Trinajstić information content (AvgIpc) is 2.12. The van der Waals surface area contributed by atoms with Crippen molar-refractivity contribution in [1.29, 1.82) is 0 Å². The van der Waals surface area contributed by atoms with Gasteiger partial charge in [-0.05, 0) is 30.2 Å². The molecule has 3 heteroatoms. The molecule has 78 valence electrons. The van der Waals surface area contributed by atoms with Crippen molar-refractivity contribution in [3.63, 3.8) is 0 Å². The molecular formula is C11H16BrNS. The van der Waals surface area contributed by atoms with E-state index in [4.69, 9.17) is 5.73 Å². The van der Waals surface area contributed by atoms with Gasteiger partial charge in [0.1, 0.15) is 0 Å². The van der Waals surface area contributed by atoms with Crippen molar-refractivity contribution in [1.82, 2.24) is 0 Å². The van der Waals surface area contributed by atoms with Crippen LogP contribution in [0.3, 0.4) is 0 Å². The van der Waals surface area contributed by atoms with Crippen LogP contribution < -0.4 is 5.73 Å². The lowest BCUT2D eigenvalue weighted by Crippen LogP contribution is -1.94. The maximum Gasteiger partial charge on any atom is 0.0328 e. The first-order chi connectivity index (χ1) is 6.61. The molecule has 0 aromatic heterocycles. The van der Waals surface area contributed by atoms with Crippen LogP contribution in [0.2, 0.25) is 0 Å². The van der Waals surface area contributed by atoms with Gasteiger partial charge in [0.25, 0.3) is 0 Å².